The van der Waals surface area contributed by atoms with E-state index in [1.54, 1.807) is 36.4 Å². The summed E-state index contributed by atoms with van der Waals surface area (Å²) in [6.07, 6.45) is 3.18. The highest BCUT2D eigenvalue weighted by Crippen LogP contribution is 2.37. The molecule has 23 heavy (non-hydrogen) atoms. The summed E-state index contributed by atoms with van der Waals surface area (Å²) in [4.78, 5) is 21.0. The summed E-state index contributed by atoms with van der Waals surface area (Å²) < 4.78 is 5.13. The molecule has 0 amide bonds. The third-order valence-electron chi connectivity index (χ3n) is 3.87. The summed E-state index contributed by atoms with van der Waals surface area (Å²) in [7, 11) is 1.49. The van der Waals surface area contributed by atoms with Crippen LogP contribution in [-0.2, 0) is 0 Å². The van der Waals surface area contributed by atoms with Gasteiger partial charge in [-0.2, -0.15) is 0 Å². The number of hydrogen-bond donors (Lipinski definition) is 1. The molecule has 1 N–H and O–H groups in total. The van der Waals surface area contributed by atoms with Crippen molar-refractivity contribution in [3.63, 3.8) is 0 Å². The van der Waals surface area contributed by atoms with E-state index in [9.17, 15) is 9.90 Å². The molecule has 0 radical (unpaired) electrons. The summed E-state index contributed by atoms with van der Waals surface area (Å²) in [5.74, 6) is 0.691. The quantitative estimate of drug-likeness (QED) is 0.787. The average molecular weight is 304 g/mol. The third-order valence-corrected chi connectivity index (χ3v) is 3.87. The molecule has 0 fully saturated rings. The van der Waals surface area contributed by atoms with Crippen LogP contribution >= 0.6 is 0 Å². The molecule has 3 aromatic rings. The van der Waals surface area contributed by atoms with E-state index in [1.807, 2.05) is 6.07 Å². The van der Waals surface area contributed by atoms with E-state index in [2.05, 4.69) is 9.97 Å². The lowest BCUT2D eigenvalue weighted by atomic mass is 9.97. The fourth-order valence-electron chi connectivity index (χ4n) is 2.77. The Labute approximate surface area is 131 Å². The van der Waals surface area contributed by atoms with Gasteiger partial charge in [0.25, 0.3) is 0 Å². The zero-order chi connectivity index (χ0) is 16.0. The molecule has 1 aromatic heterocycles. The number of phenolic OH excluding ortho intramolecular Hbond substituents is 1. The van der Waals surface area contributed by atoms with Gasteiger partial charge in [-0.1, -0.05) is 18.2 Å². The van der Waals surface area contributed by atoms with Gasteiger partial charge in [-0.25, -0.2) is 9.97 Å². The minimum atomic E-state index is -0.0522. The first kappa shape index (κ1) is 13.5. The fraction of sp³-hybridized carbons (Fsp3) is 0.0556. The average Bonchev–Trinajstić information content (AvgIpc) is 2.58. The smallest absolute Gasteiger partial charge is 0.186 e. The lowest BCUT2D eigenvalue weighted by molar-refractivity contribution is 0.104. The van der Waals surface area contributed by atoms with Crippen molar-refractivity contribution in [1.29, 1.82) is 0 Å². The van der Waals surface area contributed by atoms with Gasteiger partial charge < -0.3 is 9.84 Å². The van der Waals surface area contributed by atoms with Crippen molar-refractivity contribution < 1.29 is 14.6 Å². The van der Waals surface area contributed by atoms with Gasteiger partial charge in [0.1, 0.15) is 0 Å². The molecule has 1 aliphatic carbocycles. The Morgan fingerprint density at radius 3 is 2.61 bits per heavy atom. The molecule has 0 spiro atoms. The second kappa shape index (κ2) is 4.91. The summed E-state index contributed by atoms with van der Waals surface area (Å²) in [6.45, 7) is 0. The van der Waals surface area contributed by atoms with Crippen LogP contribution in [0.3, 0.4) is 0 Å². The molecule has 0 unspecified atom stereocenters. The Bertz CT molecular complexity index is 993. The molecule has 0 saturated heterocycles. The first-order valence-electron chi connectivity index (χ1n) is 7.08. The number of ketones is 1. The van der Waals surface area contributed by atoms with E-state index >= 15 is 0 Å². The maximum Gasteiger partial charge on any atom is 0.186 e. The highest BCUT2D eigenvalue weighted by atomic mass is 16.5. The fourth-order valence-corrected chi connectivity index (χ4v) is 2.77. The number of carbonyl (C=O) groups is 1. The van der Waals surface area contributed by atoms with Crippen molar-refractivity contribution in [2.45, 2.75) is 0 Å². The normalized spacial score (nSPS) is 12.7. The van der Waals surface area contributed by atoms with Crippen LogP contribution < -0.4 is 4.74 Å². The van der Waals surface area contributed by atoms with Gasteiger partial charge in [0.05, 0.1) is 23.9 Å². The van der Waals surface area contributed by atoms with Crippen molar-refractivity contribution >= 4 is 22.8 Å². The number of benzene rings is 2. The number of hydrogen-bond acceptors (Lipinski definition) is 5. The standard InChI is InChI=1S/C18H12N2O3/c1-23-15-7-3-5-11(17(15)22)18-19-12-6-2-4-10-14(21)9-8-13(20-18)16(10)12/h2-9,22H,1H3. The van der Waals surface area contributed by atoms with E-state index in [4.69, 9.17) is 4.74 Å². The SMILES string of the molecule is COc1cccc(-c2nc3c4c(cccc4n2)C(=O)C=C3)c1O. The largest absolute Gasteiger partial charge is 0.504 e. The van der Waals surface area contributed by atoms with Crippen LogP contribution in [-0.4, -0.2) is 28.0 Å². The lowest BCUT2D eigenvalue weighted by Gasteiger charge is -2.13. The van der Waals surface area contributed by atoms with Crippen LogP contribution in [0.5, 0.6) is 11.5 Å². The molecule has 5 heteroatoms. The molecule has 5 nitrogen and oxygen atoms in total. The van der Waals surface area contributed by atoms with Crippen LogP contribution in [0.1, 0.15) is 16.1 Å². The number of phenols is 1. The van der Waals surface area contributed by atoms with E-state index < -0.39 is 0 Å². The van der Waals surface area contributed by atoms with Gasteiger partial charge in [-0.05, 0) is 30.4 Å². The molecule has 112 valence electrons. The number of carbonyl (C=O) groups excluding carboxylic acids is 1. The van der Waals surface area contributed by atoms with E-state index in [0.717, 1.165) is 5.39 Å². The van der Waals surface area contributed by atoms with E-state index in [1.165, 1.54) is 13.2 Å². The number of methoxy groups -OCH3 is 1. The Kier molecular flexibility index (Phi) is 2.87. The first-order chi connectivity index (χ1) is 11.2. The summed E-state index contributed by atoms with van der Waals surface area (Å²) in [6, 6.07) is 10.6. The molecule has 0 bridgehead atoms. The predicted molar refractivity (Wildman–Crippen MR) is 86.6 cm³/mol. The monoisotopic (exact) mass is 304 g/mol. The number of para-hydroxylation sites is 1. The zero-order valence-corrected chi connectivity index (χ0v) is 12.3. The van der Waals surface area contributed by atoms with Crippen molar-refractivity contribution in [3.05, 3.63) is 53.7 Å². The molecule has 1 aliphatic rings. The van der Waals surface area contributed by atoms with Crippen molar-refractivity contribution in [2.75, 3.05) is 7.11 Å². The van der Waals surface area contributed by atoms with E-state index in [-0.39, 0.29) is 11.5 Å². The molecule has 2 aromatic carbocycles. The predicted octanol–water partition coefficient (Wildman–Crippen LogP) is 3.22. The van der Waals surface area contributed by atoms with Gasteiger partial charge >= 0.3 is 0 Å². The summed E-state index contributed by atoms with van der Waals surface area (Å²) in [5.41, 5.74) is 2.42. The van der Waals surface area contributed by atoms with Gasteiger partial charge in [-0.3, -0.25) is 4.79 Å². The lowest BCUT2D eigenvalue weighted by Crippen LogP contribution is -2.05. The van der Waals surface area contributed by atoms with Crippen LogP contribution in [0.4, 0.5) is 0 Å². The number of nitrogens with zero attached hydrogens (tertiary/aromatic N) is 2. The topological polar surface area (TPSA) is 72.3 Å². The molecule has 4 rings (SSSR count). The molecule has 0 saturated carbocycles. The molecular weight excluding hydrogens is 292 g/mol. The zero-order valence-electron chi connectivity index (χ0n) is 12.3. The Morgan fingerprint density at radius 2 is 1.78 bits per heavy atom. The number of allylic oxidation sites excluding steroid dienone is 1. The van der Waals surface area contributed by atoms with E-state index in [0.29, 0.717) is 33.9 Å². The second-order valence-corrected chi connectivity index (χ2v) is 5.19. The van der Waals surface area contributed by atoms with Gasteiger partial charge in [0.15, 0.2) is 23.1 Å². The minimum absolute atomic E-state index is 0.00595. The molecule has 0 aliphatic heterocycles. The third kappa shape index (κ3) is 1.97. The second-order valence-electron chi connectivity index (χ2n) is 5.19. The van der Waals surface area contributed by atoms with Crippen LogP contribution in [0.25, 0.3) is 28.4 Å². The Morgan fingerprint density at radius 1 is 1.00 bits per heavy atom. The number of rotatable bonds is 2. The molecule has 0 atom stereocenters. The maximum atomic E-state index is 12.0. The van der Waals surface area contributed by atoms with Crippen molar-refractivity contribution in [2.24, 2.45) is 0 Å². The van der Waals surface area contributed by atoms with Crippen molar-refractivity contribution in [1.82, 2.24) is 9.97 Å². The van der Waals surface area contributed by atoms with Gasteiger partial charge in [-0.15, -0.1) is 0 Å². The highest BCUT2D eigenvalue weighted by molar-refractivity contribution is 6.19. The number of aromatic hydroxyl groups is 1. The number of ether oxygens (including phenoxy) is 1. The van der Waals surface area contributed by atoms with Crippen LogP contribution in [0.15, 0.2) is 42.5 Å². The maximum absolute atomic E-state index is 12.0. The van der Waals surface area contributed by atoms with Crippen molar-refractivity contribution in [3.8, 4) is 22.9 Å². The first-order valence-corrected chi connectivity index (χ1v) is 7.08. The minimum Gasteiger partial charge on any atom is -0.504 e. The number of aromatic nitrogens is 2. The molecule has 1 heterocycles. The Balaban J connectivity index is 2.02. The Hall–Kier alpha value is -3.21. The summed E-state index contributed by atoms with van der Waals surface area (Å²) in [5, 5.41) is 11.1. The van der Waals surface area contributed by atoms with Crippen LogP contribution in [0, 0.1) is 0 Å². The summed E-state index contributed by atoms with van der Waals surface area (Å²) >= 11 is 0. The molecular formula is C18H12N2O3. The van der Waals surface area contributed by atoms with Crippen LogP contribution in [0.2, 0.25) is 0 Å². The highest BCUT2D eigenvalue weighted by Gasteiger charge is 2.19. The van der Waals surface area contributed by atoms with Gasteiger partial charge in [0.2, 0.25) is 0 Å². The van der Waals surface area contributed by atoms with Gasteiger partial charge in [0, 0.05) is 10.9 Å².